The monoisotopic (exact) mass is 876 g/mol. The highest BCUT2D eigenvalue weighted by Gasteiger charge is 2.59. The minimum absolute atomic E-state index is 0.0108. The number of fused-ring (bicyclic) bond motifs is 5. The third-order valence-electron chi connectivity index (χ3n) is 15.6. The Morgan fingerprint density at radius 1 is 0.825 bits per heavy atom. The average Bonchev–Trinajstić information content (AvgIpc) is 3.59. The fourth-order valence-electron chi connectivity index (χ4n) is 12.2. The number of ether oxygens (including phenoxy) is 1. The molecule has 10 atom stereocenters. The Balaban J connectivity index is 1.01. The number of benzene rings is 1. The van der Waals surface area contributed by atoms with Gasteiger partial charge in [-0.15, -0.1) is 0 Å². The van der Waals surface area contributed by atoms with E-state index in [1.165, 1.54) is 57.8 Å². The molecule has 3 saturated carbocycles. The van der Waals surface area contributed by atoms with Crippen molar-refractivity contribution in [3.63, 3.8) is 0 Å². The van der Waals surface area contributed by atoms with Gasteiger partial charge in [-0.3, -0.25) is 24.0 Å². The zero-order valence-corrected chi connectivity index (χ0v) is 39.6. The lowest BCUT2D eigenvalue weighted by Crippen LogP contribution is -2.54. The van der Waals surface area contributed by atoms with Gasteiger partial charge < -0.3 is 36.8 Å². The quantitative estimate of drug-likeness (QED) is 0.0480. The second-order valence-corrected chi connectivity index (χ2v) is 21.1. The van der Waals surface area contributed by atoms with Crippen molar-refractivity contribution >= 4 is 35.2 Å². The molecule has 1 aromatic rings. The van der Waals surface area contributed by atoms with E-state index in [-0.39, 0.29) is 49.2 Å². The molecule has 5 rings (SSSR count). The van der Waals surface area contributed by atoms with Crippen LogP contribution in [0.3, 0.4) is 0 Å². The highest BCUT2D eigenvalue weighted by molar-refractivity contribution is 6.00. The van der Waals surface area contributed by atoms with Crippen molar-refractivity contribution in [2.24, 2.45) is 58.0 Å². The minimum Gasteiger partial charge on any atom is -0.392 e. The smallest absolute Gasteiger partial charge is 0.247 e. The summed E-state index contributed by atoms with van der Waals surface area (Å²) < 4.78 is 6.41. The van der Waals surface area contributed by atoms with Crippen LogP contribution in [0.4, 0.5) is 5.69 Å². The second kappa shape index (κ2) is 22.9. The summed E-state index contributed by atoms with van der Waals surface area (Å²) in [6, 6.07) is 4.18. The number of anilines is 1. The molecule has 3 unspecified atom stereocenters. The van der Waals surface area contributed by atoms with Gasteiger partial charge >= 0.3 is 0 Å². The van der Waals surface area contributed by atoms with E-state index in [4.69, 9.17) is 10.5 Å². The van der Waals surface area contributed by atoms with Crippen LogP contribution in [-0.4, -0.2) is 66.0 Å². The Morgan fingerprint density at radius 3 is 2.24 bits per heavy atom. The number of nitrogens with one attached hydrogen (secondary N) is 4. The number of hydrogen-bond donors (Lipinski definition) is 6. The summed E-state index contributed by atoms with van der Waals surface area (Å²) in [6.07, 6.45) is 17.4. The van der Waals surface area contributed by atoms with Crippen molar-refractivity contribution in [3.05, 3.63) is 41.5 Å². The van der Waals surface area contributed by atoms with E-state index < -0.39 is 42.1 Å². The van der Waals surface area contributed by atoms with Gasteiger partial charge in [0.05, 0.1) is 19.1 Å². The van der Waals surface area contributed by atoms with Crippen molar-refractivity contribution in [2.75, 3.05) is 18.5 Å². The van der Waals surface area contributed by atoms with Gasteiger partial charge in [0, 0.05) is 31.7 Å². The predicted octanol–water partition coefficient (Wildman–Crippen LogP) is 7.72. The third kappa shape index (κ3) is 13.4. The molecule has 5 amide bonds. The summed E-state index contributed by atoms with van der Waals surface area (Å²) in [5.74, 6) is 2.16. The second-order valence-electron chi connectivity index (χ2n) is 21.1. The molecule has 4 aliphatic carbocycles. The fraction of sp³-hybridized carbons (Fsp3) is 0.745. The topological polar surface area (TPSA) is 189 Å². The van der Waals surface area contributed by atoms with E-state index in [0.29, 0.717) is 36.2 Å². The van der Waals surface area contributed by atoms with Crippen molar-refractivity contribution in [1.29, 1.82) is 0 Å². The van der Waals surface area contributed by atoms with Gasteiger partial charge in [-0.2, -0.15) is 0 Å². The molecule has 0 aromatic heterocycles. The first-order chi connectivity index (χ1) is 29.9. The molecule has 1 aromatic carbocycles. The minimum atomic E-state index is -1.28. The first-order valence-corrected chi connectivity index (χ1v) is 24.4. The molecule has 0 radical (unpaired) electrons. The number of nitrogens with two attached hydrogens (primary N) is 1. The average molecular weight is 876 g/mol. The van der Waals surface area contributed by atoms with Crippen LogP contribution >= 0.6 is 0 Å². The Hall–Kier alpha value is -3.77. The standard InChI is InChI=1S/C51H81N5O7/c1-32(2)10-8-11-34(5)40-18-19-41-39-17-14-36-29-38(22-24-50(36,6)42(39)23-25-51(40,41)7)63-27-9-26-53-46(59)20-21-47(60)55-43(28-33(3)4)49(62)56-44(30-45(52)58)48(61)54-37-15-12-35(31-57)13-16-37/h12-16,32-34,38-44,57H,8-11,17-31H2,1-7H3,(H2,52,58)(H,53,59)(H,54,61)(H,55,60)(H,56,62)/t34?,38-,39-,40+,41-,42-,43?,44?,50-,51+/m0/s1. The molecule has 0 saturated heterocycles. The number of allylic oxidation sites excluding steroid dienone is 1. The summed E-state index contributed by atoms with van der Waals surface area (Å²) in [5.41, 5.74) is 8.86. The molecule has 12 nitrogen and oxygen atoms in total. The maximum Gasteiger partial charge on any atom is 0.247 e. The molecule has 63 heavy (non-hydrogen) atoms. The molecule has 0 heterocycles. The van der Waals surface area contributed by atoms with Crippen LogP contribution in [0, 0.1) is 52.3 Å². The maximum absolute atomic E-state index is 13.4. The number of aliphatic hydroxyl groups excluding tert-OH is 1. The van der Waals surface area contributed by atoms with Crippen LogP contribution in [0.15, 0.2) is 35.9 Å². The van der Waals surface area contributed by atoms with Crippen molar-refractivity contribution in [3.8, 4) is 0 Å². The SMILES string of the molecule is CC(C)CCCC(C)[C@H]1CC[C@H]2[C@@H]3CC=C4C[C@@H](OCCCNC(=O)CCC(=O)NC(CC(C)C)C(=O)NC(CC(N)=O)C(=O)Nc5ccc(CO)cc5)CC[C@]4(C)[C@H]3CC[C@]12C. The maximum atomic E-state index is 13.4. The highest BCUT2D eigenvalue weighted by atomic mass is 16.5. The van der Waals surface area contributed by atoms with Gasteiger partial charge in [0.25, 0.3) is 0 Å². The molecule has 12 heteroatoms. The molecule has 4 aliphatic rings. The molecule has 352 valence electrons. The van der Waals surface area contributed by atoms with E-state index in [1.54, 1.807) is 29.8 Å². The van der Waals surface area contributed by atoms with E-state index in [9.17, 15) is 29.1 Å². The Bertz CT molecular complexity index is 1750. The van der Waals surface area contributed by atoms with Crippen LogP contribution in [0.25, 0.3) is 0 Å². The van der Waals surface area contributed by atoms with Gasteiger partial charge in [0.1, 0.15) is 12.1 Å². The number of rotatable bonds is 23. The Morgan fingerprint density at radius 2 is 1.56 bits per heavy atom. The number of amides is 5. The molecular formula is C51H81N5O7. The molecule has 0 spiro atoms. The predicted molar refractivity (Wildman–Crippen MR) is 248 cm³/mol. The lowest BCUT2D eigenvalue weighted by molar-refractivity contribution is -0.132. The zero-order chi connectivity index (χ0) is 45.9. The third-order valence-corrected chi connectivity index (χ3v) is 15.6. The number of hydrogen-bond acceptors (Lipinski definition) is 7. The first kappa shape index (κ1) is 50.2. The van der Waals surface area contributed by atoms with E-state index in [2.05, 4.69) is 62.0 Å². The summed E-state index contributed by atoms with van der Waals surface area (Å²) in [7, 11) is 0. The van der Waals surface area contributed by atoms with Gasteiger partial charge in [-0.25, -0.2) is 0 Å². The van der Waals surface area contributed by atoms with Gasteiger partial charge in [0.15, 0.2) is 0 Å². The molecule has 0 aliphatic heterocycles. The van der Waals surface area contributed by atoms with E-state index >= 15 is 0 Å². The van der Waals surface area contributed by atoms with Crippen LogP contribution in [0.2, 0.25) is 0 Å². The summed E-state index contributed by atoms with van der Waals surface area (Å²) in [4.78, 5) is 63.9. The van der Waals surface area contributed by atoms with Crippen LogP contribution < -0.4 is 27.0 Å². The van der Waals surface area contributed by atoms with E-state index in [1.807, 2.05) is 13.8 Å². The first-order valence-electron chi connectivity index (χ1n) is 24.4. The van der Waals surface area contributed by atoms with Gasteiger partial charge in [0.2, 0.25) is 29.5 Å². The molecule has 0 bridgehead atoms. The summed E-state index contributed by atoms with van der Waals surface area (Å²) in [5, 5.41) is 20.1. The van der Waals surface area contributed by atoms with Crippen molar-refractivity contribution < 1.29 is 33.8 Å². The number of carbonyl (C=O) groups is 5. The number of primary amides is 1. The van der Waals surface area contributed by atoms with Crippen molar-refractivity contribution in [2.45, 2.75) is 176 Å². The van der Waals surface area contributed by atoms with Gasteiger partial charge in [-0.05, 0) is 134 Å². The molecule has 7 N–H and O–H groups in total. The van der Waals surface area contributed by atoms with Crippen LogP contribution in [0.5, 0.6) is 0 Å². The molecule has 3 fully saturated rings. The lowest BCUT2D eigenvalue weighted by Gasteiger charge is -2.58. The zero-order valence-electron chi connectivity index (χ0n) is 39.6. The number of aliphatic hydroxyl groups is 1. The van der Waals surface area contributed by atoms with Gasteiger partial charge in [-0.1, -0.05) is 91.5 Å². The molecular weight excluding hydrogens is 795 g/mol. The van der Waals surface area contributed by atoms with Crippen molar-refractivity contribution in [1.82, 2.24) is 16.0 Å². The fourth-order valence-corrected chi connectivity index (χ4v) is 12.2. The van der Waals surface area contributed by atoms with Crippen LogP contribution in [-0.2, 0) is 35.3 Å². The Kier molecular flexibility index (Phi) is 18.3. The highest BCUT2D eigenvalue weighted by Crippen LogP contribution is 2.67. The Labute approximate surface area is 377 Å². The summed E-state index contributed by atoms with van der Waals surface area (Å²) in [6.45, 7) is 17.1. The summed E-state index contributed by atoms with van der Waals surface area (Å²) >= 11 is 0. The van der Waals surface area contributed by atoms with E-state index in [0.717, 1.165) is 48.3 Å². The number of carbonyl (C=O) groups excluding carboxylic acids is 5. The normalized spacial score (nSPS) is 27.8. The largest absolute Gasteiger partial charge is 0.392 e. The van der Waals surface area contributed by atoms with Crippen LogP contribution in [0.1, 0.15) is 157 Å². The lowest BCUT2D eigenvalue weighted by atomic mass is 9.47.